The SMILES string of the molecule is CCOC1CC(NC(=NC)NCCS(=O)(=O)C(C)(C)C)C12CCCCC2.I. The largest absolute Gasteiger partial charge is 0.378 e. The lowest BCUT2D eigenvalue weighted by atomic mass is 9.55. The number of ether oxygens (including phenoxy) is 1. The van der Waals surface area contributed by atoms with Crippen LogP contribution in [0.3, 0.4) is 0 Å². The van der Waals surface area contributed by atoms with Crippen molar-refractivity contribution in [1.82, 2.24) is 10.6 Å². The molecule has 0 amide bonds. The lowest BCUT2D eigenvalue weighted by molar-refractivity contribution is -0.145. The van der Waals surface area contributed by atoms with Crippen LogP contribution in [0.2, 0.25) is 0 Å². The smallest absolute Gasteiger partial charge is 0.191 e. The number of nitrogens with one attached hydrogen (secondary N) is 2. The van der Waals surface area contributed by atoms with Crippen LogP contribution in [0.25, 0.3) is 0 Å². The fourth-order valence-electron chi connectivity index (χ4n) is 4.24. The van der Waals surface area contributed by atoms with Gasteiger partial charge < -0.3 is 15.4 Å². The fourth-order valence-corrected chi connectivity index (χ4v) is 5.22. The minimum atomic E-state index is -3.13. The summed E-state index contributed by atoms with van der Waals surface area (Å²) in [7, 11) is -1.39. The second-order valence-electron chi connectivity index (χ2n) is 8.60. The molecule has 2 saturated carbocycles. The molecule has 2 rings (SSSR count). The Morgan fingerprint density at radius 2 is 1.85 bits per heavy atom. The van der Waals surface area contributed by atoms with Gasteiger partial charge in [-0.2, -0.15) is 0 Å². The van der Waals surface area contributed by atoms with Gasteiger partial charge in [0.25, 0.3) is 0 Å². The van der Waals surface area contributed by atoms with Crippen molar-refractivity contribution in [2.45, 2.75) is 83.1 Å². The Bertz CT molecular complexity index is 596. The zero-order chi connectivity index (χ0) is 19.4. The van der Waals surface area contributed by atoms with E-state index in [9.17, 15) is 8.42 Å². The van der Waals surface area contributed by atoms with Crippen molar-refractivity contribution >= 4 is 39.8 Å². The average Bonchev–Trinajstić information content (AvgIpc) is 2.59. The van der Waals surface area contributed by atoms with Crippen molar-refractivity contribution < 1.29 is 13.2 Å². The molecule has 1 spiro atoms. The fraction of sp³-hybridized carbons (Fsp3) is 0.947. The first-order chi connectivity index (χ1) is 12.2. The topological polar surface area (TPSA) is 79.8 Å². The molecule has 0 aliphatic heterocycles. The Balaban J connectivity index is 0.00000364. The highest BCUT2D eigenvalue weighted by molar-refractivity contribution is 14.0. The summed E-state index contributed by atoms with van der Waals surface area (Å²) in [5.41, 5.74) is 0.212. The molecule has 2 atom stereocenters. The van der Waals surface area contributed by atoms with Gasteiger partial charge in [0.05, 0.1) is 16.6 Å². The lowest BCUT2D eigenvalue weighted by Crippen LogP contribution is -2.66. The van der Waals surface area contributed by atoms with Crippen LogP contribution >= 0.6 is 24.0 Å². The number of nitrogens with zero attached hydrogens (tertiary/aromatic N) is 1. The predicted molar refractivity (Wildman–Crippen MR) is 123 cm³/mol. The summed E-state index contributed by atoms with van der Waals surface area (Å²) in [6.07, 6.45) is 7.56. The Kier molecular flexibility index (Phi) is 9.33. The highest BCUT2D eigenvalue weighted by atomic mass is 127. The van der Waals surface area contributed by atoms with Gasteiger partial charge in [0, 0.05) is 31.7 Å². The summed E-state index contributed by atoms with van der Waals surface area (Å²) < 4.78 is 29.8. The maximum Gasteiger partial charge on any atom is 0.191 e. The first-order valence-corrected chi connectivity index (χ1v) is 11.6. The molecule has 0 aromatic heterocycles. The predicted octanol–water partition coefficient (Wildman–Crippen LogP) is 3.11. The van der Waals surface area contributed by atoms with Crippen LogP contribution in [0.1, 0.15) is 66.2 Å². The highest BCUT2D eigenvalue weighted by Crippen LogP contribution is 2.53. The van der Waals surface area contributed by atoms with E-state index in [0.29, 0.717) is 24.7 Å². The molecule has 2 unspecified atom stereocenters. The second-order valence-corrected chi connectivity index (χ2v) is 11.5. The summed E-state index contributed by atoms with van der Waals surface area (Å²) >= 11 is 0. The molecule has 0 aromatic rings. The van der Waals surface area contributed by atoms with Crippen LogP contribution in [0, 0.1) is 5.41 Å². The van der Waals surface area contributed by atoms with Crippen LogP contribution in [-0.4, -0.2) is 57.2 Å². The van der Waals surface area contributed by atoms with E-state index in [2.05, 4.69) is 22.5 Å². The van der Waals surface area contributed by atoms with Crippen molar-refractivity contribution in [2.24, 2.45) is 10.4 Å². The molecule has 2 aliphatic carbocycles. The summed E-state index contributed by atoms with van der Waals surface area (Å²) in [6.45, 7) is 8.41. The molecule has 0 aromatic carbocycles. The van der Waals surface area contributed by atoms with Crippen molar-refractivity contribution in [3.05, 3.63) is 0 Å². The van der Waals surface area contributed by atoms with Gasteiger partial charge in [0.1, 0.15) is 0 Å². The molecule has 6 nitrogen and oxygen atoms in total. The van der Waals surface area contributed by atoms with Crippen LogP contribution in [0.15, 0.2) is 4.99 Å². The molecule has 0 saturated heterocycles. The minimum absolute atomic E-state index is 0. The lowest BCUT2D eigenvalue weighted by Gasteiger charge is -2.57. The molecule has 8 heteroatoms. The number of halogens is 1. The monoisotopic (exact) mass is 515 g/mol. The minimum Gasteiger partial charge on any atom is -0.378 e. The maximum atomic E-state index is 12.3. The first-order valence-electron chi connectivity index (χ1n) is 9.97. The number of hydrogen-bond acceptors (Lipinski definition) is 4. The first kappa shape index (κ1) is 24.9. The van der Waals surface area contributed by atoms with Gasteiger partial charge in [-0.1, -0.05) is 19.3 Å². The van der Waals surface area contributed by atoms with Crippen LogP contribution in [-0.2, 0) is 14.6 Å². The van der Waals surface area contributed by atoms with E-state index in [-0.39, 0.29) is 35.1 Å². The quantitative estimate of drug-likeness (QED) is 0.323. The normalized spacial score (nSPS) is 25.4. The second kappa shape index (κ2) is 10.1. The summed E-state index contributed by atoms with van der Waals surface area (Å²) in [4.78, 5) is 4.30. The van der Waals surface area contributed by atoms with E-state index < -0.39 is 14.6 Å². The van der Waals surface area contributed by atoms with Gasteiger partial charge in [-0.05, 0) is 47.0 Å². The van der Waals surface area contributed by atoms with E-state index >= 15 is 0 Å². The average molecular weight is 516 g/mol. The molecular formula is C19H38IN3O3S. The standard InChI is InChI=1S/C19H37N3O3S.HI/c1-6-25-16-14-15(19(16)10-8-7-9-11-19)22-17(20-5)21-12-13-26(23,24)18(2,3)4;/h15-16H,6-14H2,1-5H3,(H2,20,21,22);1H. The molecule has 0 radical (unpaired) electrons. The van der Waals surface area contributed by atoms with E-state index in [1.54, 1.807) is 27.8 Å². The molecule has 160 valence electrons. The van der Waals surface area contributed by atoms with Crippen LogP contribution in [0.5, 0.6) is 0 Å². The third-order valence-electron chi connectivity index (χ3n) is 6.07. The third kappa shape index (κ3) is 5.72. The van der Waals surface area contributed by atoms with Crippen LogP contribution < -0.4 is 10.6 Å². The molecule has 27 heavy (non-hydrogen) atoms. The summed E-state index contributed by atoms with van der Waals surface area (Å²) in [5.74, 6) is 0.799. The van der Waals surface area contributed by atoms with Gasteiger partial charge >= 0.3 is 0 Å². The number of rotatable bonds is 6. The van der Waals surface area contributed by atoms with Crippen molar-refractivity contribution in [1.29, 1.82) is 0 Å². The van der Waals surface area contributed by atoms with E-state index in [1.165, 1.54) is 32.1 Å². The van der Waals surface area contributed by atoms with E-state index in [0.717, 1.165) is 13.0 Å². The van der Waals surface area contributed by atoms with Crippen molar-refractivity contribution in [3.63, 3.8) is 0 Å². The zero-order valence-electron chi connectivity index (χ0n) is 17.5. The third-order valence-corrected chi connectivity index (χ3v) is 8.68. The Hall–Kier alpha value is -0.0900. The van der Waals surface area contributed by atoms with Crippen molar-refractivity contribution in [2.75, 3.05) is 26.0 Å². The summed E-state index contributed by atoms with van der Waals surface area (Å²) in [6, 6.07) is 0.352. The van der Waals surface area contributed by atoms with Gasteiger partial charge in [0.2, 0.25) is 0 Å². The Labute approximate surface area is 182 Å². The highest BCUT2D eigenvalue weighted by Gasteiger charge is 2.55. The van der Waals surface area contributed by atoms with Gasteiger partial charge in [-0.25, -0.2) is 8.42 Å². The number of aliphatic imine (C=N–C) groups is 1. The molecule has 2 aliphatic rings. The Morgan fingerprint density at radius 1 is 1.22 bits per heavy atom. The number of hydrogen-bond donors (Lipinski definition) is 2. The molecule has 0 bridgehead atoms. The molecule has 2 fully saturated rings. The Morgan fingerprint density at radius 3 is 2.37 bits per heavy atom. The summed E-state index contributed by atoms with van der Waals surface area (Å²) in [5, 5.41) is 6.73. The van der Waals surface area contributed by atoms with Crippen molar-refractivity contribution in [3.8, 4) is 0 Å². The number of guanidine groups is 1. The van der Waals surface area contributed by atoms with E-state index in [4.69, 9.17) is 4.74 Å². The van der Waals surface area contributed by atoms with Gasteiger partial charge in [-0.15, -0.1) is 24.0 Å². The zero-order valence-corrected chi connectivity index (χ0v) is 20.7. The van der Waals surface area contributed by atoms with Gasteiger partial charge in [0.15, 0.2) is 15.8 Å². The molecular weight excluding hydrogens is 477 g/mol. The maximum absolute atomic E-state index is 12.3. The van der Waals surface area contributed by atoms with Gasteiger partial charge in [-0.3, -0.25) is 4.99 Å². The number of sulfone groups is 1. The molecule has 0 heterocycles. The molecule has 2 N–H and O–H groups in total. The van der Waals surface area contributed by atoms with E-state index in [1.807, 2.05) is 0 Å². The van der Waals surface area contributed by atoms with Crippen LogP contribution in [0.4, 0.5) is 0 Å².